The van der Waals surface area contributed by atoms with Crippen LogP contribution in [0.3, 0.4) is 0 Å². The Bertz CT molecular complexity index is 1050. The average Bonchev–Trinajstić information content (AvgIpc) is 3.39. The highest BCUT2D eigenvalue weighted by atomic mass is 19.1. The highest BCUT2D eigenvalue weighted by molar-refractivity contribution is 5.88. The van der Waals surface area contributed by atoms with Crippen molar-refractivity contribution in [2.75, 3.05) is 44.7 Å². The summed E-state index contributed by atoms with van der Waals surface area (Å²) in [6, 6.07) is 4.60. The first-order valence-electron chi connectivity index (χ1n) is 15.6. The summed E-state index contributed by atoms with van der Waals surface area (Å²) >= 11 is 0. The van der Waals surface area contributed by atoms with Gasteiger partial charge in [0.15, 0.2) is 11.4 Å². The normalized spacial score (nSPS) is 27.6. The molecule has 2 heterocycles. The van der Waals surface area contributed by atoms with E-state index in [1.54, 1.807) is 6.07 Å². The lowest BCUT2D eigenvalue weighted by Gasteiger charge is -2.36. The lowest BCUT2D eigenvalue weighted by atomic mass is 9.77. The number of Topliss-reactive ketones (excluding diaryl/α,β-unsaturated/α-hetero) is 1. The molecule has 5 rings (SSSR count). The van der Waals surface area contributed by atoms with Crippen molar-refractivity contribution in [1.29, 1.82) is 0 Å². The molecular weight excluding hydrogens is 493 g/mol. The van der Waals surface area contributed by atoms with Gasteiger partial charge in [-0.2, -0.15) is 0 Å². The predicted molar refractivity (Wildman–Crippen MR) is 153 cm³/mol. The summed E-state index contributed by atoms with van der Waals surface area (Å²) in [6.07, 6.45) is 14.6. The molecule has 2 aromatic rings. The molecule has 6 nitrogen and oxygen atoms in total. The van der Waals surface area contributed by atoms with Gasteiger partial charge in [0.05, 0.1) is 11.5 Å². The standard InChI is InChI=1S/C32H48FN3O3/c1-23(30(37)21-26-9-12-28(38-2)13-10-26)3-4-24-5-7-25(8-6-24)15-16-35-17-19-36(20-18-35)32-29-22-27(33)11-14-31(29)39-34-32/h11,14,22-26,28H,3-10,12-13,15-21H2,1-2H3. The first-order chi connectivity index (χ1) is 19.0. The number of benzene rings is 1. The minimum absolute atomic E-state index is 0.218. The highest BCUT2D eigenvalue weighted by Crippen LogP contribution is 2.35. The molecule has 1 unspecified atom stereocenters. The van der Waals surface area contributed by atoms with Crippen LogP contribution in [0.1, 0.15) is 84.0 Å². The van der Waals surface area contributed by atoms with E-state index in [1.807, 2.05) is 7.11 Å². The summed E-state index contributed by atoms with van der Waals surface area (Å²) in [5.41, 5.74) is 0.644. The molecular formula is C32H48FN3O3. The van der Waals surface area contributed by atoms with Crippen LogP contribution in [0.15, 0.2) is 22.7 Å². The first-order valence-corrected chi connectivity index (χ1v) is 15.6. The Kier molecular flexibility index (Phi) is 9.94. The number of ketones is 1. The molecule has 7 heteroatoms. The molecule has 1 aliphatic heterocycles. The molecule has 0 radical (unpaired) electrons. The van der Waals surface area contributed by atoms with E-state index < -0.39 is 0 Å². The number of carbonyl (C=O) groups is 1. The maximum Gasteiger partial charge on any atom is 0.180 e. The van der Waals surface area contributed by atoms with Crippen molar-refractivity contribution in [1.82, 2.24) is 10.1 Å². The third-order valence-corrected chi connectivity index (χ3v) is 10.1. The van der Waals surface area contributed by atoms with Crippen LogP contribution in [0.5, 0.6) is 0 Å². The molecule has 39 heavy (non-hydrogen) atoms. The minimum atomic E-state index is -0.251. The molecule has 3 aliphatic rings. The van der Waals surface area contributed by atoms with Gasteiger partial charge in [0, 0.05) is 45.6 Å². The van der Waals surface area contributed by atoms with Crippen LogP contribution < -0.4 is 4.90 Å². The second-order valence-electron chi connectivity index (χ2n) is 12.7. The molecule has 3 fully saturated rings. The first kappa shape index (κ1) is 28.5. The summed E-state index contributed by atoms with van der Waals surface area (Å²) in [6.45, 7) is 7.15. The third-order valence-electron chi connectivity index (χ3n) is 10.1. The van der Waals surface area contributed by atoms with E-state index in [4.69, 9.17) is 9.26 Å². The van der Waals surface area contributed by atoms with Gasteiger partial charge >= 0.3 is 0 Å². The largest absolute Gasteiger partial charge is 0.381 e. The summed E-state index contributed by atoms with van der Waals surface area (Å²) in [5, 5.41) is 4.99. The Labute approximate surface area is 233 Å². The van der Waals surface area contributed by atoms with Crippen LogP contribution in [-0.2, 0) is 9.53 Å². The van der Waals surface area contributed by atoms with Crippen LogP contribution in [0.25, 0.3) is 11.0 Å². The third kappa shape index (κ3) is 7.60. The number of hydrogen-bond acceptors (Lipinski definition) is 6. The number of hydrogen-bond donors (Lipinski definition) is 0. The van der Waals surface area contributed by atoms with Gasteiger partial charge in [0.25, 0.3) is 0 Å². The quantitative estimate of drug-likeness (QED) is 0.310. The monoisotopic (exact) mass is 541 g/mol. The molecule has 216 valence electrons. The Balaban J connectivity index is 0.949. The summed E-state index contributed by atoms with van der Waals surface area (Å²) in [4.78, 5) is 17.6. The van der Waals surface area contributed by atoms with E-state index in [9.17, 15) is 9.18 Å². The summed E-state index contributed by atoms with van der Waals surface area (Å²) in [7, 11) is 1.81. The zero-order valence-corrected chi connectivity index (χ0v) is 24.1. The molecule has 0 N–H and O–H groups in total. The number of ether oxygens (including phenoxy) is 1. The molecule has 2 saturated carbocycles. The molecule has 1 aromatic heterocycles. The van der Waals surface area contributed by atoms with Crippen LogP contribution >= 0.6 is 0 Å². The number of rotatable bonds is 11. The number of piperazine rings is 1. The van der Waals surface area contributed by atoms with Crippen molar-refractivity contribution in [3.8, 4) is 0 Å². The van der Waals surface area contributed by atoms with Crippen molar-refractivity contribution < 1.29 is 18.4 Å². The minimum Gasteiger partial charge on any atom is -0.381 e. The number of halogens is 1. The van der Waals surface area contributed by atoms with Crippen molar-refractivity contribution in [3.05, 3.63) is 24.0 Å². The zero-order valence-electron chi connectivity index (χ0n) is 24.1. The maximum absolute atomic E-state index is 13.7. The van der Waals surface area contributed by atoms with E-state index >= 15 is 0 Å². The molecule has 1 atom stereocenters. The number of methoxy groups -OCH3 is 1. The zero-order chi connectivity index (χ0) is 27.2. The fourth-order valence-electron chi connectivity index (χ4n) is 7.19. The van der Waals surface area contributed by atoms with Gasteiger partial charge in [-0.25, -0.2) is 4.39 Å². The van der Waals surface area contributed by atoms with E-state index in [-0.39, 0.29) is 11.7 Å². The van der Waals surface area contributed by atoms with Gasteiger partial charge in [-0.3, -0.25) is 9.69 Å². The van der Waals surface area contributed by atoms with Crippen LogP contribution in [0, 0.1) is 29.5 Å². The second kappa shape index (κ2) is 13.6. The van der Waals surface area contributed by atoms with Crippen molar-refractivity contribution in [2.24, 2.45) is 23.7 Å². The lowest BCUT2D eigenvalue weighted by molar-refractivity contribution is -0.124. The number of carbonyl (C=O) groups excluding carboxylic acids is 1. The SMILES string of the molecule is COC1CCC(CC(=O)C(C)CCC2CCC(CCN3CCN(c4noc5ccc(F)cc45)CC3)CC2)CC1. The fourth-order valence-corrected chi connectivity index (χ4v) is 7.19. The predicted octanol–water partition coefficient (Wildman–Crippen LogP) is 6.87. The van der Waals surface area contributed by atoms with Crippen LogP contribution in [0.2, 0.25) is 0 Å². The van der Waals surface area contributed by atoms with Crippen molar-refractivity contribution in [2.45, 2.75) is 90.1 Å². The summed E-state index contributed by atoms with van der Waals surface area (Å²) in [5.74, 6) is 3.45. The average molecular weight is 542 g/mol. The Morgan fingerprint density at radius 3 is 2.36 bits per heavy atom. The van der Waals surface area contributed by atoms with Crippen LogP contribution in [0.4, 0.5) is 10.2 Å². The number of anilines is 1. The van der Waals surface area contributed by atoms with E-state index in [0.29, 0.717) is 23.4 Å². The van der Waals surface area contributed by atoms with E-state index in [0.717, 1.165) is 94.3 Å². The van der Waals surface area contributed by atoms with E-state index in [2.05, 4.69) is 21.9 Å². The van der Waals surface area contributed by atoms with Gasteiger partial charge in [-0.15, -0.1) is 0 Å². The molecule has 1 aromatic carbocycles. The second-order valence-corrected chi connectivity index (χ2v) is 12.7. The Morgan fingerprint density at radius 1 is 1.00 bits per heavy atom. The molecule has 0 bridgehead atoms. The Hall–Kier alpha value is -1.99. The van der Waals surface area contributed by atoms with Gasteiger partial charge in [0.1, 0.15) is 11.6 Å². The number of nitrogens with zero attached hydrogens (tertiary/aromatic N) is 3. The van der Waals surface area contributed by atoms with Crippen molar-refractivity contribution >= 4 is 22.6 Å². The smallest absolute Gasteiger partial charge is 0.180 e. The van der Waals surface area contributed by atoms with Crippen LogP contribution in [-0.4, -0.2) is 61.8 Å². The van der Waals surface area contributed by atoms with Gasteiger partial charge in [-0.1, -0.05) is 37.8 Å². The lowest BCUT2D eigenvalue weighted by Crippen LogP contribution is -2.47. The van der Waals surface area contributed by atoms with Gasteiger partial charge in [0.2, 0.25) is 0 Å². The molecule has 1 saturated heterocycles. The van der Waals surface area contributed by atoms with Gasteiger partial charge in [-0.05, 0) is 87.4 Å². The molecule has 0 amide bonds. The van der Waals surface area contributed by atoms with Crippen molar-refractivity contribution in [3.63, 3.8) is 0 Å². The number of fused-ring (bicyclic) bond motifs is 1. The highest BCUT2D eigenvalue weighted by Gasteiger charge is 2.27. The van der Waals surface area contributed by atoms with E-state index in [1.165, 1.54) is 50.7 Å². The number of aromatic nitrogens is 1. The fraction of sp³-hybridized carbons (Fsp3) is 0.750. The molecule has 2 aliphatic carbocycles. The maximum atomic E-state index is 13.7. The van der Waals surface area contributed by atoms with Gasteiger partial charge < -0.3 is 14.2 Å². The Morgan fingerprint density at radius 2 is 1.67 bits per heavy atom. The summed E-state index contributed by atoms with van der Waals surface area (Å²) < 4.78 is 24.6. The molecule has 0 spiro atoms. The topological polar surface area (TPSA) is 58.8 Å².